The molecule has 1 atom stereocenters. The van der Waals surface area contributed by atoms with Crippen LogP contribution in [0.4, 0.5) is 5.13 Å². The van der Waals surface area contributed by atoms with Crippen molar-refractivity contribution in [1.82, 2.24) is 10.3 Å². The van der Waals surface area contributed by atoms with Gasteiger partial charge in [-0.1, -0.05) is 12.1 Å². The van der Waals surface area contributed by atoms with Crippen LogP contribution in [0.25, 0.3) is 0 Å². The first-order valence-electron chi connectivity index (χ1n) is 8.92. The van der Waals surface area contributed by atoms with Gasteiger partial charge < -0.3 is 20.1 Å². The number of fused-ring (bicyclic) bond motifs is 1. The van der Waals surface area contributed by atoms with E-state index in [2.05, 4.69) is 10.2 Å². The van der Waals surface area contributed by atoms with Gasteiger partial charge >= 0.3 is 0 Å². The van der Waals surface area contributed by atoms with Crippen LogP contribution in [0.1, 0.15) is 39.6 Å². The number of morpholine rings is 1. The van der Waals surface area contributed by atoms with Crippen LogP contribution in [0.15, 0.2) is 12.1 Å². The summed E-state index contributed by atoms with van der Waals surface area (Å²) in [6.07, 6.45) is 0.404. The Kier molecular flexibility index (Phi) is 4.58. The lowest BCUT2D eigenvalue weighted by molar-refractivity contribution is -0.121. The number of carbonyl (C=O) groups excluding carboxylic acids is 1. The molecular formula is C19H23N3O3S. The minimum Gasteiger partial charge on any atom is -0.507 e. The first-order valence-corrected chi connectivity index (χ1v) is 9.73. The molecule has 1 aromatic carbocycles. The molecule has 1 fully saturated rings. The first kappa shape index (κ1) is 17.3. The average molecular weight is 373 g/mol. The first-order chi connectivity index (χ1) is 12.5. The van der Waals surface area contributed by atoms with Gasteiger partial charge in [-0.15, -0.1) is 11.3 Å². The highest BCUT2D eigenvalue weighted by molar-refractivity contribution is 7.15. The number of aromatic nitrogens is 1. The molecule has 0 unspecified atom stereocenters. The van der Waals surface area contributed by atoms with Crippen molar-refractivity contribution in [2.75, 3.05) is 31.2 Å². The van der Waals surface area contributed by atoms with Gasteiger partial charge in [0, 0.05) is 30.3 Å². The number of rotatable bonds is 2. The van der Waals surface area contributed by atoms with Crippen LogP contribution in [-0.4, -0.2) is 42.3 Å². The van der Waals surface area contributed by atoms with E-state index in [0.29, 0.717) is 18.7 Å². The molecule has 1 amide bonds. The van der Waals surface area contributed by atoms with Gasteiger partial charge in [0.05, 0.1) is 25.5 Å². The predicted octanol–water partition coefficient (Wildman–Crippen LogP) is 2.45. The van der Waals surface area contributed by atoms with Crippen molar-refractivity contribution >= 4 is 22.4 Å². The van der Waals surface area contributed by atoms with Crippen molar-refractivity contribution in [2.24, 2.45) is 0 Å². The third-order valence-electron chi connectivity index (χ3n) is 5.07. The molecule has 7 heteroatoms. The summed E-state index contributed by atoms with van der Waals surface area (Å²) >= 11 is 1.68. The molecule has 4 rings (SSSR count). The molecular weight excluding hydrogens is 350 g/mol. The molecule has 2 N–H and O–H groups in total. The Labute approximate surface area is 156 Å². The number of nitrogens with zero attached hydrogens (tertiary/aromatic N) is 2. The Morgan fingerprint density at radius 2 is 1.96 bits per heavy atom. The van der Waals surface area contributed by atoms with Gasteiger partial charge in [-0.2, -0.15) is 0 Å². The van der Waals surface area contributed by atoms with Crippen LogP contribution >= 0.6 is 11.3 Å². The summed E-state index contributed by atoms with van der Waals surface area (Å²) in [6, 6.07) is 3.98. The largest absolute Gasteiger partial charge is 0.507 e. The minimum atomic E-state index is -0.0298. The Bertz CT molecular complexity index is 820. The second kappa shape index (κ2) is 6.89. The maximum atomic E-state index is 12.2. The average Bonchev–Trinajstić information content (AvgIpc) is 3.00. The van der Waals surface area contributed by atoms with Gasteiger partial charge in [-0.25, -0.2) is 4.98 Å². The lowest BCUT2D eigenvalue weighted by atomic mass is 9.90. The fraction of sp³-hybridized carbons (Fsp3) is 0.474. The van der Waals surface area contributed by atoms with E-state index >= 15 is 0 Å². The molecule has 0 bridgehead atoms. The van der Waals surface area contributed by atoms with E-state index in [-0.39, 0.29) is 11.8 Å². The molecule has 2 aliphatic heterocycles. The number of thiazole rings is 1. The van der Waals surface area contributed by atoms with Gasteiger partial charge in [-0.3, -0.25) is 4.79 Å². The molecule has 2 aromatic rings. The van der Waals surface area contributed by atoms with Crippen molar-refractivity contribution in [3.8, 4) is 5.75 Å². The summed E-state index contributed by atoms with van der Waals surface area (Å²) in [7, 11) is 0. The summed E-state index contributed by atoms with van der Waals surface area (Å²) in [5, 5.41) is 14.1. The monoisotopic (exact) mass is 373 g/mol. The number of phenolic OH excluding ortho intramolecular Hbond substituents is 1. The number of hydrogen-bond donors (Lipinski definition) is 2. The Balaban J connectivity index is 1.75. The van der Waals surface area contributed by atoms with Crippen LogP contribution in [0.5, 0.6) is 5.75 Å². The van der Waals surface area contributed by atoms with E-state index in [1.54, 1.807) is 11.3 Å². The number of phenols is 1. The Morgan fingerprint density at radius 1 is 1.27 bits per heavy atom. The van der Waals surface area contributed by atoms with Crippen LogP contribution < -0.4 is 10.2 Å². The van der Waals surface area contributed by atoms with E-state index in [1.165, 1.54) is 0 Å². The van der Waals surface area contributed by atoms with Crippen molar-refractivity contribution in [2.45, 2.75) is 32.7 Å². The molecule has 1 aromatic heterocycles. The lowest BCUT2D eigenvalue weighted by Gasteiger charge is -2.26. The zero-order chi connectivity index (χ0) is 18.3. The van der Waals surface area contributed by atoms with Crippen molar-refractivity contribution in [1.29, 1.82) is 0 Å². The highest BCUT2D eigenvalue weighted by atomic mass is 32.1. The maximum Gasteiger partial charge on any atom is 0.221 e. The van der Waals surface area contributed by atoms with E-state index in [9.17, 15) is 9.90 Å². The molecule has 1 saturated heterocycles. The molecule has 2 aliphatic rings. The van der Waals surface area contributed by atoms with E-state index in [1.807, 2.05) is 26.0 Å². The molecule has 26 heavy (non-hydrogen) atoms. The zero-order valence-corrected chi connectivity index (χ0v) is 15.9. The van der Waals surface area contributed by atoms with Crippen LogP contribution in [0, 0.1) is 13.8 Å². The standard InChI is InChI=1S/C19H23N3O3S/c1-11-7-13(8-12(2)17(11)24)14-9-16(23)20-10-15-18(14)26-19(21-15)22-3-5-25-6-4-22/h7-8,14,24H,3-6,9-10H2,1-2H3,(H,20,23)/t14-/m1/s1. The zero-order valence-electron chi connectivity index (χ0n) is 15.0. The topological polar surface area (TPSA) is 74.7 Å². The molecule has 138 valence electrons. The quantitative estimate of drug-likeness (QED) is 0.846. The summed E-state index contributed by atoms with van der Waals surface area (Å²) in [5.41, 5.74) is 3.69. The third-order valence-corrected chi connectivity index (χ3v) is 6.34. The van der Waals surface area contributed by atoms with Gasteiger partial charge in [0.15, 0.2) is 5.13 Å². The minimum absolute atomic E-state index is 0.0298. The summed E-state index contributed by atoms with van der Waals surface area (Å²) in [4.78, 5) is 20.5. The number of aromatic hydroxyl groups is 1. The third kappa shape index (κ3) is 3.17. The number of benzene rings is 1. The van der Waals surface area contributed by atoms with Crippen molar-refractivity contribution < 1.29 is 14.6 Å². The molecule has 0 saturated carbocycles. The van der Waals surface area contributed by atoms with Crippen LogP contribution in [-0.2, 0) is 16.1 Å². The fourth-order valence-electron chi connectivity index (χ4n) is 3.63. The van der Waals surface area contributed by atoms with Crippen molar-refractivity contribution in [3.05, 3.63) is 39.4 Å². The van der Waals surface area contributed by atoms with Gasteiger partial charge in [-0.05, 0) is 30.5 Å². The summed E-state index contributed by atoms with van der Waals surface area (Å²) < 4.78 is 5.44. The number of hydrogen-bond acceptors (Lipinski definition) is 6. The van der Waals surface area contributed by atoms with Gasteiger partial charge in [0.25, 0.3) is 0 Å². The van der Waals surface area contributed by atoms with E-state index in [0.717, 1.165) is 58.7 Å². The van der Waals surface area contributed by atoms with Crippen LogP contribution in [0.2, 0.25) is 0 Å². The molecule has 3 heterocycles. The normalized spacial score (nSPS) is 20.5. The second-order valence-electron chi connectivity index (χ2n) is 6.94. The SMILES string of the molecule is Cc1cc([C@H]2CC(=O)NCc3nc(N4CCOCC4)sc32)cc(C)c1O. The maximum absolute atomic E-state index is 12.2. The number of amides is 1. The molecule has 0 radical (unpaired) electrons. The number of carbonyl (C=O) groups is 1. The molecule has 0 aliphatic carbocycles. The highest BCUT2D eigenvalue weighted by Gasteiger charge is 2.30. The number of anilines is 1. The highest BCUT2D eigenvalue weighted by Crippen LogP contribution is 2.40. The number of nitrogens with one attached hydrogen (secondary N) is 1. The predicted molar refractivity (Wildman–Crippen MR) is 101 cm³/mol. The smallest absolute Gasteiger partial charge is 0.221 e. The number of ether oxygens (including phenoxy) is 1. The van der Waals surface area contributed by atoms with Gasteiger partial charge in [0.1, 0.15) is 5.75 Å². The Hall–Kier alpha value is -2.12. The number of aryl methyl sites for hydroxylation is 2. The van der Waals surface area contributed by atoms with E-state index in [4.69, 9.17) is 9.72 Å². The Morgan fingerprint density at radius 3 is 2.65 bits per heavy atom. The molecule has 6 nitrogen and oxygen atoms in total. The van der Waals surface area contributed by atoms with Crippen LogP contribution in [0.3, 0.4) is 0 Å². The van der Waals surface area contributed by atoms with Crippen molar-refractivity contribution in [3.63, 3.8) is 0 Å². The lowest BCUT2D eigenvalue weighted by Crippen LogP contribution is -2.36. The summed E-state index contributed by atoms with van der Waals surface area (Å²) in [6.45, 7) is 7.41. The fourth-order valence-corrected chi connectivity index (χ4v) is 4.89. The second-order valence-corrected chi connectivity index (χ2v) is 7.95. The van der Waals surface area contributed by atoms with E-state index < -0.39 is 0 Å². The summed E-state index contributed by atoms with van der Waals surface area (Å²) in [5.74, 6) is 0.333. The van der Waals surface area contributed by atoms with Gasteiger partial charge in [0.2, 0.25) is 5.91 Å². The molecule has 0 spiro atoms.